The zero-order valence-corrected chi connectivity index (χ0v) is 9.59. The number of benzene rings is 1. The lowest BCUT2D eigenvalue weighted by Gasteiger charge is -2.10. The van der Waals surface area contributed by atoms with Crippen LogP contribution in [0.5, 0.6) is 5.75 Å². The van der Waals surface area contributed by atoms with Gasteiger partial charge in [0.05, 0.1) is 6.61 Å². The van der Waals surface area contributed by atoms with Crippen LogP contribution >= 0.6 is 0 Å². The number of ether oxygens (including phenoxy) is 1. The Morgan fingerprint density at radius 2 is 2.19 bits per heavy atom. The van der Waals surface area contributed by atoms with Crippen molar-refractivity contribution in [3.63, 3.8) is 0 Å². The summed E-state index contributed by atoms with van der Waals surface area (Å²) in [7, 11) is 0. The summed E-state index contributed by atoms with van der Waals surface area (Å²) in [4.78, 5) is 0. The summed E-state index contributed by atoms with van der Waals surface area (Å²) < 4.78 is 31.5. The highest BCUT2D eigenvalue weighted by molar-refractivity contribution is 5.29. The number of rotatable bonds is 5. The van der Waals surface area contributed by atoms with E-state index in [1.165, 1.54) is 6.07 Å². The first-order chi connectivity index (χ1) is 7.50. The van der Waals surface area contributed by atoms with Gasteiger partial charge < -0.3 is 4.74 Å². The average molecular weight is 226 g/mol. The van der Waals surface area contributed by atoms with Gasteiger partial charge in [0.25, 0.3) is 0 Å². The molecule has 0 amide bonds. The van der Waals surface area contributed by atoms with Crippen LogP contribution in [0.2, 0.25) is 0 Å². The Bertz CT molecular complexity index is 374. The molecule has 0 spiro atoms. The van der Waals surface area contributed by atoms with Gasteiger partial charge in [-0.1, -0.05) is 12.6 Å². The van der Waals surface area contributed by atoms with Crippen molar-refractivity contribution in [2.24, 2.45) is 0 Å². The number of hydrogen-bond acceptors (Lipinski definition) is 1. The van der Waals surface area contributed by atoms with Crippen molar-refractivity contribution >= 4 is 0 Å². The van der Waals surface area contributed by atoms with Crippen LogP contribution < -0.4 is 4.74 Å². The van der Waals surface area contributed by atoms with E-state index in [0.29, 0.717) is 5.57 Å². The van der Waals surface area contributed by atoms with Crippen LogP contribution in [0, 0.1) is 12.7 Å². The van der Waals surface area contributed by atoms with E-state index >= 15 is 0 Å². The summed E-state index contributed by atoms with van der Waals surface area (Å²) in [6, 6.07) is 4.60. The highest BCUT2D eigenvalue weighted by Gasteiger charge is 2.08. The molecule has 1 rings (SSSR count). The average Bonchev–Trinajstić information content (AvgIpc) is 2.22. The fraction of sp³-hybridized carbons (Fsp3) is 0.385. The summed E-state index contributed by atoms with van der Waals surface area (Å²) in [5.41, 5.74) is 1.38. The molecule has 0 saturated carbocycles. The summed E-state index contributed by atoms with van der Waals surface area (Å²) in [5, 5.41) is 0. The van der Waals surface area contributed by atoms with Crippen LogP contribution in [-0.4, -0.2) is 12.8 Å². The zero-order valence-electron chi connectivity index (χ0n) is 9.59. The Morgan fingerprint density at radius 1 is 1.50 bits per heavy atom. The molecule has 0 fully saturated rings. The van der Waals surface area contributed by atoms with Crippen molar-refractivity contribution < 1.29 is 13.5 Å². The number of allylic oxidation sites excluding steroid dienone is 1. The molecule has 0 aliphatic carbocycles. The Labute approximate surface area is 94.7 Å². The van der Waals surface area contributed by atoms with Crippen molar-refractivity contribution in [2.45, 2.75) is 26.4 Å². The van der Waals surface area contributed by atoms with Gasteiger partial charge in [0.2, 0.25) is 0 Å². The van der Waals surface area contributed by atoms with Gasteiger partial charge in [-0.3, -0.25) is 0 Å². The lowest BCUT2D eigenvalue weighted by Crippen LogP contribution is -2.08. The Hall–Kier alpha value is -1.38. The highest BCUT2D eigenvalue weighted by atomic mass is 19.1. The Kier molecular flexibility index (Phi) is 4.47. The van der Waals surface area contributed by atoms with E-state index in [1.807, 2.05) is 6.92 Å². The first kappa shape index (κ1) is 12.7. The van der Waals surface area contributed by atoms with E-state index in [4.69, 9.17) is 4.74 Å². The second kappa shape index (κ2) is 5.64. The third-order valence-corrected chi connectivity index (χ3v) is 2.25. The first-order valence-corrected chi connectivity index (χ1v) is 5.19. The molecule has 0 bridgehead atoms. The number of aryl methyl sites for hydroxylation is 1. The minimum Gasteiger partial charge on any atom is -0.490 e. The van der Waals surface area contributed by atoms with Gasteiger partial charge in [-0.2, -0.15) is 0 Å². The van der Waals surface area contributed by atoms with E-state index in [0.717, 1.165) is 5.56 Å². The molecule has 1 aromatic rings. The number of alkyl halides is 1. The highest BCUT2D eigenvalue weighted by Crippen LogP contribution is 2.19. The van der Waals surface area contributed by atoms with Crippen LogP contribution in [-0.2, 0) is 0 Å². The summed E-state index contributed by atoms with van der Waals surface area (Å²) >= 11 is 0. The predicted octanol–water partition coefficient (Wildman–Crippen LogP) is 3.82. The molecule has 3 heteroatoms. The second-order valence-corrected chi connectivity index (χ2v) is 3.88. The molecule has 16 heavy (non-hydrogen) atoms. The van der Waals surface area contributed by atoms with Crippen molar-refractivity contribution in [3.05, 3.63) is 41.7 Å². The lowest BCUT2D eigenvalue weighted by molar-refractivity contribution is 0.247. The largest absolute Gasteiger partial charge is 0.490 e. The van der Waals surface area contributed by atoms with Gasteiger partial charge in [-0.15, -0.1) is 0 Å². The van der Waals surface area contributed by atoms with Gasteiger partial charge in [0.15, 0.2) is 11.6 Å². The minimum absolute atomic E-state index is 0.147. The van der Waals surface area contributed by atoms with E-state index < -0.39 is 12.0 Å². The molecule has 88 valence electrons. The lowest BCUT2D eigenvalue weighted by atomic mass is 10.1. The van der Waals surface area contributed by atoms with Crippen molar-refractivity contribution in [1.29, 1.82) is 0 Å². The standard InChI is InChI=1S/C13H16F2O/c1-9(2)11(14)6-7-16-13-8-10(3)4-5-12(13)15/h4-5,8,11H,1,6-7H2,2-3H3. The van der Waals surface area contributed by atoms with Crippen LogP contribution in [0.25, 0.3) is 0 Å². The summed E-state index contributed by atoms with van der Waals surface area (Å²) in [5.74, 6) is -0.245. The van der Waals surface area contributed by atoms with Gasteiger partial charge in [0, 0.05) is 6.42 Å². The maximum absolute atomic E-state index is 13.2. The van der Waals surface area contributed by atoms with Gasteiger partial charge >= 0.3 is 0 Å². The van der Waals surface area contributed by atoms with Crippen LogP contribution in [0.15, 0.2) is 30.4 Å². The molecule has 0 heterocycles. The van der Waals surface area contributed by atoms with Gasteiger partial charge in [-0.25, -0.2) is 8.78 Å². The molecule has 0 saturated heterocycles. The molecule has 0 N–H and O–H groups in total. The monoisotopic (exact) mass is 226 g/mol. The Morgan fingerprint density at radius 3 is 2.81 bits per heavy atom. The molecule has 0 radical (unpaired) electrons. The Balaban J connectivity index is 2.48. The van der Waals surface area contributed by atoms with Crippen molar-refractivity contribution in [1.82, 2.24) is 0 Å². The fourth-order valence-electron chi connectivity index (χ4n) is 1.24. The maximum Gasteiger partial charge on any atom is 0.165 e. The zero-order chi connectivity index (χ0) is 12.1. The van der Waals surface area contributed by atoms with Crippen molar-refractivity contribution in [2.75, 3.05) is 6.61 Å². The first-order valence-electron chi connectivity index (χ1n) is 5.19. The normalized spacial score (nSPS) is 12.2. The van der Waals surface area contributed by atoms with Crippen molar-refractivity contribution in [3.8, 4) is 5.75 Å². The molecule has 1 nitrogen and oxygen atoms in total. The van der Waals surface area contributed by atoms with Gasteiger partial charge in [-0.05, 0) is 37.1 Å². The van der Waals surface area contributed by atoms with Crippen LogP contribution in [0.3, 0.4) is 0 Å². The van der Waals surface area contributed by atoms with Crippen LogP contribution in [0.4, 0.5) is 8.78 Å². The SMILES string of the molecule is C=C(C)C(F)CCOc1cc(C)ccc1F. The molecule has 0 aliphatic rings. The molecular weight excluding hydrogens is 210 g/mol. The van der Waals surface area contributed by atoms with E-state index in [9.17, 15) is 8.78 Å². The summed E-state index contributed by atoms with van der Waals surface area (Å²) in [6.07, 6.45) is -0.893. The molecule has 1 unspecified atom stereocenters. The number of hydrogen-bond donors (Lipinski definition) is 0. The molecule has 0 aliphatic heterocycles. The third-order valence-electron chi connectivity index (χ3n) is 2.25. The van der Waals surface area contributed by atoms with E-state index in [-0.39, 0.29) is 18.8 Å². The van der Waals surface area contributed by atoms with Crippen LogP contribution in [0.1, 0.15) is 18.9 Å². The van der Waals surface area contributed by atoms with Gasteiger partial charge in [0.1, 0.15) is 6.17 Å². The third kappa shape index (κ3) is 3.65. The molecule has 1 atom stereocenters. The predicted molar refractivity (Wildman–Crippen MR) is 61.0 cm³/mol. The smallest absolute Gasteiger partial charge is 0.165 e. The topological polar surface area (TPSA) is 9.23 Å². The maximum atomic E-state index is 13.2. The quantitative estimate of drug-likeness (QED) is 0.693. The van der Waals surface area contributed by atoms with E-state index in [2.05, 4.69) is 6.58 Å². The number of halogens is 2. The van der Waals surface area contributed by atoms with E-state index in [1.54, 1.807) is 19.1 Å². The molecule has 0 aromatic heterocycles. The minimum atomic E-state index is -1.09. The summed E-state index contributed by atoms with van der Waals surface area (Å²) in [6.45, 7) is 7.12. The molecule has 1 aromatic carbocycles. The molecular formula is C13H16F2O. The fourth-order valence-corrected chi connectivity index (χ4v) is 1.24. The second-order valence-electron chi connectivity index (χ2n) is 3.88.